The molecule has 2 unspecified atom stereocenters. The van der Waals surface area contributed by atoms with Gasteiger partial charge < -0.3 is 21.3 Å². The highest BCUT2D eigenvalue weighted by molar-refractivity contribution is 7.93. The number of benzene rings is 1. The third-order valence-corrected chi connectivity index (χ3v) is 5.61. The van der Waals surface area contributed by atoms with Crippen LogP contribution in [0.1, 0.15) is 39.3 Å². The van der Waals surface area contributed by atoms with E-state index in [1.54, 1.807) is 39.0 Å². The topological polar surface area (TPSA) is 133 Å². The number of nitrogens with one attached hydrogen (secondary N) is 4. The maximum Gasteiger partial charge on any atom is 0.243 e. The van der Waals surface area contributed by atoms with Crippen molar-refractivity contribution in [3.05, 3.63) is 45.3 Å². The average Bonchev–Trinajstić information content (AvgIpc) is 2.69. The summed E-state index contributed by atoms with van der Waals surface area (Å²) >= 11 is 12.2. The van der Waals surface area contributed by atoms with Gasteiger partial charge in [-0.05, 0) is 35.7 Å². The van der Waals surface area contributed by atoms with Gasteiger partial charge in [0.25, 0.3) is 0 Å². The van der Waals surface area contributed by atoms with E-state index in [4.69, 9.17) is 23.2 Å². The molecule has 0 saturated carbocycles. The standard InChI is InChI=1S/C22H32Cl2N4O5S/c1-6-25-18(14-10-15(23)12-16(24)11-14)20(30)28-19(22(2,3)4)21(31)27-13-17(29)26-8-7-9-34(5,32)33/h7,9-12,18-19,25H,6,8,13H2,1-5H3,(H,26,29)(H,27,31)(H,28,30). The number of amides is 3. The van der Waals surface area contributed by atoms with Gasteiger partial charge in [-0.1, -0.05) is 57.0 Å². The number of rotatable bonds is 11. The molecule has 0 aromatic heterocycles. The first-order valence-electron chi connectivity index (χ1n) is 10.5. The van der Waals surface area contributed by atoms with Crippen molar-refractivity contribution in [2.24, 2.45) is 5.41 Å². The molecule has 1 aromatic rings. The van der Waals surface area contributed by atoms with E-state index in [0.717, 1.165) is 11.7 Å². The molecule has 0 spiro atoms. The first-order valence-corrected chi connectivity index (χ1v) is 13.3. The highest BCUT2D eigenvalue weighted by Gasteiger charge is 2.35. The lowest BCUT2D eigenvalue weighted by Crippen LogP contribution is -2.56. The molecule has 0 aliphatic carbocycles. The van der Waals surface area contributed by atoms with Gasteiger partial charge in [0.05, 0.1) is 6.54 Å². The normalized spacial score (nSPS) is 13.9. The predicted molar refractivity (Wildman–Crippen MR) is 134 cm³/mol. The first kappa shape index (κ1) is 29.9. The van der Waals surface area contributed by atoms with Crippen LogP contribution >= 0.6 is 23.2 Å². The van der Waals surface area contributed by atoms with Crippen molar-refractivity contribution in [3.63, 3.8) is 0 Å². The van der Waals surface area contributed by atoms with Crippen LogP contribution in [0.2, 0.25) is 10.0 Å². The fourth-order valence-electron chi connectivity index (χ4n) is 2.94. The second kappa shape index (κ2) is 13.1. The van der Waals surface area contributed by atoms with Gasteiger partial charge in [-0.25, -0.2) is 8.42 Å². The molecule has 0 radical (unpaired) electrons. The molecule has 0 fully saturated rings. The molecular weight excluding hydrogens is 503 g/mol. The number of hydrogen-bond donors (Lipinski definition) is 4. The van der Waals surface area contributed by atoms with Gasteiger partial charge in [-0.3, -0.25) is 14.4 Å². The van der Waals surface area contributed by atoms with Gasteiger partial charge >= 0.3 is 0 Å². The number of halogens is 2. The minimum Gasteiger partial charge on any atom is -0.351 e. The molecule has 0 aliphatic rings. The quantitative estimate of drug-likeness (QED) is 0.343. The van der Waals surface area contributed by atoms with E-state index >= 15 is 0 Å². The van der Waals surface area contributed by atoms with E-state index in [0.29, 0.717) is 22.2 Å². The van der Waals surface area contributed by atoms with Crippen LogP contribution in [-0.2, 0) is 24.2 Å². The van der Waals surface area contributed by atoms with Crippen LogP contribution < -0.4 is 21.3 Å². The third kappa shape index (κ3) is 10.9. The molecule has 9 nitrogen and oxygen atoms in total. The summed E-state index contributed by atoms with van der Waals surface area (Å²) in [6.45, 7) is 7.32. The zero-order valence-electron chi connectivity index (χ0n) is 19.9. The Kier molecular flexibility index (Phi) is 11.5. The van der Waals surface area contributed by atoms with E-state index in [-0.39, 0.29) is 13.1 Å². The fourth-order valence-corrected chi connectivity index (χ4v) is 3.93. The minimum atomic E-state index is -3.28. The Labute approximate surface area is 210 Å². The molecule has 190 valence electrons. The number of hydrogen-bond acceptors (Lipinski definition) is 6. The van der Waals surface area contributed by atoms with E-state index < -0.39 is 45.1 Å². The Morgan fingerprint density at radius 1 is 1.03 bits per heavy atom. The maximum absolute atomic E-state index is 13.1. The Bertz CT molecular complexity index is 1000. The molecule has 1 aromatic carbocycles. The van der Waals surface area contributed by atoms with E-state index in [9.17, 15) is 22.8 Å². The molecule has 0 bridgehead atoms. The summed E-state index contributed by atoms with van der Waals surface area (Å²) in [6, 6.07) is 3.04. The predicted octanol–water partition coefficient (Wildman–Crippen LogP) is 1.97. The van der Waals surface area contributed by atoms with Crippen LogP contribution in [0.4, 0.5) is 0 Å². The second-order valence-corrected chi connectivity index (χ2v) is 11.5. The highest BCUT2D eigenvalue weighted by atomic mass is 35.5. The zero-order valence-corrected chi connectivity index (χ0v) is 22.2. The van der Waals surface area contributed by atoms with Crippen molar-refractivity contribution in [1.82, 2.24) is 21.3 Å². The van der Waals surface area contributed by atoms with E-state index in [2.05, 4.69) is 21.3 Å². The Balaban J connectivity index is 2.87. The Hall–Kier alpha value is -2.14. The monoisotopic (exact) mass is 534 g/mol. The molecule has 34 heavy (non-hydrogen) atoms. The van der Waals surface area contributed by atoms with Gasteiger partial charge in [0.15, 0.2) is 9.84 Å². The summed E-state index contributed by atoms with van der Waals surface area (Å²) in [5.41, 5.74) is -0.122. The van der Waals surface area contributed by atoms with Crippen LogP contribution in [0.25, 0.3) is 0 Å². The number of carbonyl (C=O) groups excluding carboxylic acids is 3. The van der Waals surface area contributed by atoms with Gasteiger partial charge in [-0.2, -0.15) is 0 Å². The molecule has 2 atom stereocenters. The molecule has 3 amide bonds. The molecule has 0 saturated heterocycles. The van der Waals surface area contributed by atoms with Gasteiger partial charge in [0.1, 0.15) is 12.1 Å². The van der Waals surface area contributed by atoms with Crippen molar-refractivity contribution >= 4 is 50.8 Å². The Morgan fingerprint density at radius 3 is 2.12 bits per heavy atom. The minimum absolute atomic E-state index is 0.00618. The van der Waals surface area contributed by atoms with Gasteiger partial charge in [0.2, 0.25) is 17.7 Å². The molecule has 1 rings (SSSR count). The SMILES string of the molecule is CCNC(C(=O)NC(C(=O)NCC(=O)NCC=CS(C)(=O)=O)C(C)(C)C)c1cc(Cl)cc(Cl)c1. The zero-order chi connectivity index (χ0) is 26.1. The molecule has 12 heteroatoms. The lowest BCUT2D eigenvalue weighted by molar-refractivity contribution is -0.133. The van der Waals surface area contributed by atoms with Crippen LogP contribution in [0, 0.1) is 5.41 Å². The van der Waals surface area contributed by atoms with Gasteiger partial charge in [-0.15, -0.1) is 0 Å². The lowest BCUT2D eigenvalue weighted by Gasteiger charge is -2.32. The third-order valence-electron chi connectivity index (χ3n) is 4.49. The van der Waals surface area contributed by atoms with E-state index in [1.165, 1.54) is 6.08 Å². The number of carbonyl (C=O) groups is 3. The summed E-state index contributed by atoms with van der Waals surface area (Å²) in [4.78, 5) is 38.0. The molecule has 0 aliphatic heterocycles. The second-order valence-electron chi connectivity index (χ2n) is 8.72. The summed E-state index contributed by atoms with van der Waals surface area (Å²) in [6.07, 6.45) is 2.32. The summed E-state index contributed by atoms with van der Waals surface area (Å²) < 4.78 is 22.1. The van der Waals surface area contributed by atoms with Gasteiger partial charge in [0, 0.05) is 28.3 Å². The molecule has 4 N–H and O–H groups in total. The van der Waals surface area contributed by atoms with Crippen molar-refractivity contribution in [1.29, 1.82) is 0 Å². The fraction of sp³-hybridized carbons (Fsp3) is 0.500. The van der Waals surface area contributed by atoms with Crippen molar-refractivity contribution < 1.29 is 22.8 Å². The van der Waals surface area contributed by atoms with Crippen LogP contribution in [0.5, 0.6) is 0 Å². The summed E-state index contributed by atoms with van der Waals surface area (Å²) in [7, 11) is -3.28. The lowest BCUT2D eigenvalue weighted by atomic mass is 9.85. The van der Waals surface area contributed by atoms with Crippen molar-refractivity contribution in [3.8, 4) is 0 Å². The number of sulfone groups is 1. The van der Waals surface area contributed by atoms with E-state index in [1.807, 2.05) is 6.92 Å². The maximum atomic E-state index is 13.1. The molecule has 0 heterocycles. The smallest absolute Gasteiger partial charge is 0.243 e. The highest BCUT2D eigenvalue weighted by Crippen LogP contribution is 2.25. The molecular formula is C22H32Cl2N4O5S. The summed E-state index contributed by atoms with van der Waals surface area (Å²) in [5, 5.41) is 12.5. The van der Waals surface area contributed by atoms with Crippen LogP contribution in [-0.4, -0.2) is 58.1 Å². The van der Waals surface area contributed by atoms with Crippen molar-refractivity contribution in [2.75, 3.05) is 25.9 Å². The van der Waals surface area contributed by atoms with Crippen molar-refractivity contribution in [2.45, 2.75) is 39.8 Å². The average molecular weight is 535 g/mol. The first-order chi connectivity index (χ1) is 15.6. The van der Waals surface area contributed by atoms with Crippen LogP contribution in [0.3, 0.4) is 0 Å². The summed E-state index contributed by atoms with van der Waals surface area (Å²) in [5.74, 6) is -1.50. The van der Waals surface area contributed by atoms with Crippen LogP contribution in [0.15, 0.2) is 29.7 Å². The largest absolute Gasteiger partial charge is 0.351 e. The Morgan fingerprint density at radius 2 is 1.62 bits per heavy atom. The number of likely N-dealkylation sites (N-methyl/N-ethyl adjacent to an activating group) is 1.